The van der Waals surface area contributed by atoms with E-state index in [2.05, 4.69) is 13.8 Å². The quantitative estimate of drug-likeness (QED) is 0.0734. The van der Waals surface area contributed by atoms with E-state index in [4.69, 9.17) is 18.3 Å². The highest BCUT2D eigenvalue weighted by atomic mass is 31.2. The Morgan fingerprint density at radius 2 is 0.902 bits per heavy atom. The molecule has 0 radical (unpaired) electrons. The standard InChI is InChI=1S/C36H59O4P/c1-3-5-7-9-10-11-12-13-15-24-32-37-34(26-18-14-8-6-4-2)27-23-25-33-38-41(39-35-28-19-16-20-29-35)40-36-30-21-17-22-31-36/h16-17,19-22,28-31,34H,3-15,18,23-27,32-33H2,1-2H3. The van der Waals surface area contributed by atoms with Crippen molar-refractivity contribution in [3.63, 3.8) is 0 Å². The number of hydrogen-bond donors (Lipinski definition) is 0. The van der Waals surface area contributed by atoms with E-state index in [-0.39, 0.29) is 0 Å². The number of para-hydroxylation sites is 2. The van der Waals surface area contributed by atoms with Crippen LogP contribution in [0.25, 0.3) is 0 Å². The lowest BCUT2D eigenvalue weighted by Crippen LogP contribution is -2.14. The van der Waals surface area contributed by atoms with Crippen molar-refractivity contribution < 1.29 is 18.3 Å². The summed E-state index contributed by atoms with van der Waals surface area (Å²) >= 11 is 0. The average molecular weight is 587 g/mol. The van der Waals surface area contributed by atoms with E-state index < -0.39 is 8.60 Å². The molecule has 0 heterocycles. The molecule has 2 aromatic rings. The summed E-state index contributed by atoms with van der Waals surface area (Å²) in [5, 5.41) is 0. The van der Waals surface area contributed by atoms with Crippen molar-refractivity contribution in [2.45, 2.75) is 142 Å². The summed E-state index contributed by atoms with van der Waals surface area (Å²) in [6, 6.07) is 19.5. The first kappa shape index (κ1) is 35.6. The molecule has 0 aromatic heterocycles. The summed E-state index contributed by atoms with van der Waals surface area (Å²) in [6.07, 6.45) is 25.0. The van der Waals surface area contributed by atoms with Crippen LogP contribution in [0.15, 0.2) is 60.7 Å². The van der Waals surface area contributed by atoms with Crippen molar-refractivity contribution in [3.8, 4) is 11.5 Å². The molecule has 2 rings (SSSR count). The monoisotopic (exact) mass is 586 g/mol. The van der Waals surface area contributed by atoms with E-state index in [1.165, 1.54) is 103 Å². The Morgan fingerprint density at radius 3 is 1.41 bits per heavy atom. The number of benzene rings is 2. The zero-order chi connectivity index (χ0) is 29.1. The lowest BCUT2D eigenvalue weighted by Gasteiger charge is -2.19. The molecule has 0 saturated carbocycles. The highest BCUT2D eigenvalue weighted by Gasteiger charge is 2.17. The van der Waals surface area contributed by atoms with Crippen LogP contribution in [0.1, 0.15) is 136 Å². The fourth-order valence-corrected chi connectivity index (χ4v) is 5.95. The minimum absolute atomic E-state index is 0.373. The van der Waals surface area contributed by atoms with Crippen LogP contribution in [-0.2, 0) is 9.26 Å². The van der Waals surface area contributed by atoms with Gasteiger partial charge in [0.1, 0.15) is 11.5 Å². The van der Waals surface area contributed by atoms with Gasteiger partial charge in [-0.3, -0.25) is 4.52 Å². The molecule has 2 aromatic carbocycles. The van der Waals surface area contributed by atoms with Gasteiger partial charge in [0.05, 0.1) is 12.7 Å². The largest absolute Gasteiger partial charge is 0.463 e. The van der Waals surface area contributed by atoms with Crippen LogP contribution in [0.5, 0.6) is 11.5 Å². The molecule has 0 aliphatic rings. The molecular weight excluding hydrogens is 527 g/mol. The molecule has 0 amide bonds. The average Bonchev–Trinajstić information content (AvgIpc) is 3.00. The molecule has 1 unspecified atom stereocenters. The van der Waals surface area contributed by atoms with E-state index in [0.29, 0.717) is 12.7 Å². The van der Waals surface area contributed by atoms with Crippen LogP contribution in [0.2, 0.25) is 0 Å². The molecular formula is C36H59O4P. The van der Waals surface area contributed by atoms with Gasteiger partial charge < -0.3 is 13.8 Å². The van der Waals surface area contributed by atoms with Gasteiger partial charge >= 0.3 is 8.60 Å². The zero-order valence-electron chi connectivity index (χ0n) is 26.3. The van der Waals surface area contributed by atoms with Gasteiger partial charge in [-0.15, -0.1) is 0 Å². The Labute approximate surface area is 253 Å². The fraction of sp³-hybridized carbons (Fsp3) is 0.667. The van der Waals surface area contributed by atoms with E-state index in [1.54, 1.807) is 0 Å². The lowest BCUT2D eigenvalue weighted by molar-refractivity contribution is 0.0352. The molecule has 4 nitrogen and oxygen atoms in total. The van der Waals surface area contributed by atoms with Crippen LogP contribution in [0.3, 0.4) is 0 Å². The predicted octanol–water partition coefficient (Wildman–Crippen LogP) is 12.2. The van der Waals surface area contributed by atoms with Crippen LogP contribution in [-0.4, -0.2) is 19.3 Å². The predicted molar refractivity (Wildman–Crippen MR) is 176 cm³/mol. The second-order valence-corrected chi connectivity index (χ2v) is 12.3. The van der Waals surface area contributed by atoms with Crippen molar-refractivity contribution in [3.05, 3.63) is 60.7 Å². The lowest BCUT2D eigenvalue weighted by atomic mass is 10.0. The van der Waals surface area contributed by atoms with Gasteiger partial charge in [-0.05, 0) is 56.4 Å². The maximum atomic E-state index is 6.42. The number of rotatable bonds is 28. The van der Waals surface area contributed by atoms with Gasteiger partial charge in [-0.2, -0.15) is 0 Å². The first-order valence-corrected chi connectivity index (χ1v) is 17.9. The van der Waals surface area contributed by atoms with Crippen LogP contribution in [0, 0.1) is 0 Å². The third-order valence-corrected chi connectivity index (χ3v) is 8.56. The van der Waals surface area contributed by atoms with Crippen LogP contribution >= 0.6 is 8.60 Å². The summed E-state index contributed by atoms with van der Waals surface area (Å²) in [7, 11) is -1.51. The maximum absolute atomic E-state index is 6.42. The van der Waals surface area contributed by atoms with Crippen molar-refractivity contribution in [1.29, 1.82) is 0 Å². The molecule has 0 fully saturated rings. The fourth-order valence-electron chi connectivity index (χ4n) is 4.95. The molecule has 232 valence electrons. The molecule has 0 N–H and O–H groups in total. The molecule has 1 atom stereocenters. The van der Waals surface area contributed by atoms with Crippen molar-refractivity contribution in [2.75, 3.05) is 13.2 Å². The van der Waals surface area contributed by atoms with E-state index >= 15 is 0 Å². The van der Waals surface area contributed by atoms with Crippen molar-refractivity contribution >= 4 is 8.60 Å². The Bertz CT molecular complexity index is 762. The summed E-state index contributed by atoms with van der Waals surface area (Å²) < 4.78 is 24.6. The van der Waals surface area contributed by atoms with E-state index in [9.17, 15) is 0 Å². The smallest absolute Gasteiger partial charge is 0.418 e. The van der Waals surface area contributed by atoms with E-state index in [0.717, 1.165) is 37.4 Å². The first-order chi connectivity index (χ1) is 20.3. The number of hydrogen-bond acceptors (Lipinski definition) is 4. The Kier molecular flexibility index (Phi) is 22.6. The normalized spacial score (nSPS) is 12.1. The molecule has 0 bridgehead atoms. The molecule has 0 saturated heterocycles. The number of ether oxygens (including phenoxy) is 1. The van der Waals surface area contributed by atoms with Gasteiger partial charge in [0.15, 0.2) is 0 Å². The Morgan fingerprint density at radius 1 is 0.488 bits per heavy atom. The van der Waals surface area contributed by atoms with Gasteiger partial charge in [0, 0.05) is 6.61 Å². The summed E-state index contributed by atoms with van der Waals surface area (Å²) in [5.74, 6) is 1.52. The minimum atomic E-state index is -1.51. The summed E-state index contributed by atoms with van der Waals surface area (Å²) in [5.41, 5.74) is 0. The second kappa shape index (κ2) is 26.1. The SMILES string of the molecule is CCCCCCCCCCCCOC(CCCCCCC)CCCCOP(Oc1ccccc1)Oc1ccccc1. The van der Waals surface area contributed by atoms with Crippen molar-refractivity contribution in [1.82, 2.24) is 0 Å². The molecule has 0 spiro atoms. The third-order valence-electron chi connectivity index (χ3n) is 7.44. The molecule has 41 heavy (non-hydrogen) atoms. The second-order valence-electron chi connectivity index (χ2n) is 11.2. The summed E-state index contributed by atoms with van der Waals surface area (Å²) in [6.45, 7) is 6.10. The van der Waals surface area contributed by atoms with Crippen molar-refractivity contribution in [2.24, 2.45) is 0 Å². The highest BCUT2D eigenvalue weighted by molar-refractivity contribution is 7.42. The minimum Gasteiger partial charge on any atom is -0.418 e. The van der Waals surface area contributed by atoms with Crippen LogP contribution in [0.4, 0.5) is 0 Å². The molecule has 0 aliphatic heterocycles. The molecule has 5 heteroatoms. The number of unbranched alkanes of at least 4 members (excludes halogenated alkanes) is 14. The Balaban J connectivity index is 1.66. The first-order valence-electron chi connectivity index (χ1n) is 16.8. The summed E-state index contributed by atoms with van der Waals surface area (Å²) in [4.78, 5) is 0. The topological polar surface area (TPSA) is 36.9 Å². The zero-order valence-corrected chi connectivity index (χ0v) is 27.2. The van der Waals surface area contributed by atoms with Gasteiger partial charge in [0.2, 0.25) is 0 Å². The van der Waals surface area contributed by atoms with Gasteiger partial charge in [-0.1, -0.05) is 140 Å². The highest BCUT2D eigenvalue weighted by Crippen LogP contribution is 2.41. The van der Waals surface area contributed by atoms with Gasteiger partial charge in [0.25, 0.3) is 0 Å². The van der Waals surface area contributed by atoms with Crippen LogP contribution < -0.4 is 9.05 Å². The van der Waals surface area contributed by atoms with E-state index in [1.807, 2.05) is 60.7 Å². The Hall–Kier alpha value is -1.61. The maximum Gasteiger partial charge on any atom is 0.463 e. The van der Waals surface area contributed by atoms with Gasteiger partial charge in [-0.25, -0.2) is 0 Å². The molecule has 0 aliphatic carbocycles. The third kappa shape index (κ3) is 20.0.